The highest BCUT2D eigenvalue weighted by atomic mass is 32.2. The largest absolute Gasteiger partial charge is 0.501 e. The second kappa shape index (κ2) is 7.94. The van der Waals surface area contributed by atoms with Gasteiger partial charge in [-0.15, -0.1) is 0 Å². The van der Waals surface area contributed by atoms with E-state index in [0.717, 1.165) is 17.0 Å². The Balaban J connectivity index is 1.66. The molecule has 1 fully saturated rings. The summed E-state index contributed by atoms with van der Waals surface area (Å²) in [6.45, 7) is 3.11. The number of rotatable bonds is 5. The lowest BCUT2D eigenvalue weighted by atomic mass is 10.0. The lowest BCUT2D eigenvalue weighted by molar-refractivity contribution is -0.123. The van der Waals surface area contributed by atoms with E-state index in [-0.39, 0.29) is 12.2 Å². The van der Waals surface area contributed by atoms with E-state index in [0.29, 0.717) is 23.4 Å². The number of imide groups is 1. The number of hydrogen-bond acceptors (Lipinski definition) is 6. The van der Waals surface area contributed by atoms with Crippen LogP contribution in [0.4, 0.5) is 23.7 Å². The molecule has 4 rings (SSSR count). The van der Waals surface area contributed by atoms with Crippen molar-refractivity contribution in [3.63, 3.8) is 0 Å². The van der Waals surface area contributed by atoms with Gasteiger partial charge in [-0.05, 0) is 50.2 Å². The van der Waals surface area contributed by atoms with Gasteiger partial charge in [0.1, 0.15) is 5.54 Å². The number of alkyl halides is 3. The van der Waals surface area contributed by atoms with Gasteiger partial charge in [0.25, 0.3) is 15.7 Å². The van der Waals surface area contributed by atoms with E-state index in [2.05, 4.69) is 10.1 Å². The molecule has 1 aliphatic rings. The van der Waals surface area contributed by atoms with Crippen LogP contribution in [0.15, 0.2) is 66.1 Å². The summed E-state index contributed by atoms with van der Waals surface area (Å²) in [5.74, 6) is -0.612. The molecule has 1 aliphatic heterocycles. The molecule has 0 spiro atoms. The van der Waals surface area contributed by atoms with Crippen molar-refractivity contribution in [2.75, 3.05) is 4.90 Å². The molecule has 0 N–H and O–H groups in total. The zero-order valence-corrected chi connectivity index (χ0v) is 18.7. The van der Waals surface area contributed by atoms with Gasteiger partial charge in [0.15, 0.2) is 0 Å². The van der Waals surface area contributed by atoms with Gasteiger partial charge in [0, 0.05) is 24.2 Å². The maximum atomic E-state index is 13.3. The molecular formula is C21H18F3N5O4S. The molecule has 2 aromatic heterocycles. The molecule has 0 radical (unpaired) electrons. The monoisotopic (exact) mass is 493 g/mol. The number of amides is 3. The predicted molar refractivity (Wildman–Crippen MR) is 114 cm³/mol. The third-order valence-corrected chi connectivity index (χ3v) is 7.00. The highest BCUT2D eigenvalue weighted by Gasteiger charge is 2.52. The van der Waals surface area contributed by atoms with Crippen LogP contribution in [0.1, 0.15) is 19.4 Å². The number of sulfone groups is 1. The molecule has 0 unspecified atom stereocenters. The predicted octanol–water partition coefficient (Wildman–Crippen LogP) is 3.31. The molecule has 3 aromatic rings. The summed E-state index contributed by atoms with van der Waals surface area (Å²) >= 11 is 0. The second-order valence-corrected chi connectivity index (χ2v) is 9.91. The van der Waals surface area contributed by atoms with Crippen LogP contribution in [0.2, 0.25) is 0 Å². The summed E-state index contributed by atoms with van der Waals surface area (Å²) in [4.78, 5) is 31.6. The van der Waals surface area contributed by atoms with Crippen molar-refractivity contribution >= 4 is 27.5 Å². The van der Waals surface area contributed by atoms with Crippen LogP contribution in [0.25, 0.3) is 5.69 Å². The average Bonchev–Trinajstić information content (AvgIpc) is 3.36. The number of carbonyl (C=O) groups is 2. The Morgan fingerprint density at radius 3 is 2.29 bits per heavy atom. The van der Waals surface area contributed by atoms with E-state index in [9.17, 15) is 31.2 Å². The van der Waals surface area contributed by atoms with Crippen molar-refractivity contribution in [2.45, 2.75) is 36.3 Å². The maximum absolute atomic E-state index is 13.3. The molecule has 0 aliphatic carbocycles. The first-order chi connectivity index (χ1) is 15.9. The summed E-state index contributed by atoms with van der Waals surface area (Å²) in [6.07, 6.45) is 6.38. The Morgan fingerprint density at radius 1 is 1.03 bits per heavy atom. The van der Waals surface area contributed by atoms with Gasteiger partial charge >= 0.3 is 11.5 Å². The molecular weight excluding hydrogens is 475 g/mol. The Labute approximate surface area is 192 Å². The van der Waals surface area contributed by atoms with Crippen molar-refractivity contribution in [3.8, 4) is 5.69 Å². The fraction of sp³-hybridized carbons (Fsp3) is 0.238. The summed E-state index contributed by atoms with van der Waals surface area (Å²) in [5.41, 5.74) is -5.55. The third kappa shape index (κ3) is 3.71. The zero-order chi connectivity index (χ0) is 24.9. The first kappa shape index (κ1) is 23.4. The number of anilines is 1. The van der Waals surface area contributed by atoms with Crippen LogP contribution < -0.4 is 4.90 Å². The Bertz CT molecular complexity index is 1350. The van der Waals surface area contributed by atoms with E-state index < -0.39 is 37.7 Å². The van der Waals surface area contributed by atoms with Crippen LogP contribution in [0.3, 0.4) is 0 Å². The van der Waals surface area contributed by atoms with E-state index in [1.54, 1.807) is 49.3 Å². The molecule has 0 atom stereocenters. The van der Waals surface area contributed by atoms with Gasteiger partial charge in [-0.3, -0.25) is 9.78 Å². The summed E-state index contributed by atoms with van der Waals surface area (Å²) in [5, 5.41) is 4.17. The number of aromatic nitrogens is 3. The minimum atomic E-state index is -5.56. The minimum absolute atomic E-state index is 0.0202. The molecule has 13 heteroatoms. The molecule has 9 nitrogen and oxygen atoms in total. The minimum Gasteiger partial charge on any atom is -0.305 e. The van der Waals surface area contributed by atoms with Crippen molar-refractivity contribution in [2.24, 2.45) is 0 Å². The number of halogens is 3. The smallest absolute Gasteiger partial charge is 0.305 e. The first-order valence-corrected chi connectivity index (χ1v) is 11.3. The SMILES string of the molecule is CC1(C)C(=O)N(c2ccc(S(=O)(=O)C(F)(F)F)cc2)C(=O)N1Cc1ccncc1-n1cccn1. The summed E-state index contributed by atoms with van der Waals surface area (Å²) in [7, 11) is -5.56. The fourth-order valence-corrected chi connectivity index (χ4v) is 4.33. The average molecular weight is 493 g/mol. The van der Waals surface area contributed by atoms with Crippen molar-refractivity contribution in [1.29, 1.82) is 0 Å². The quantitative estimate of drug-likeness (QED) is 0.505. The molecule has 0 saturated carbocycles. The first-order valence-electron chi connectivity index (χ1n) is 9.86. The Kier molecular flexibility index (Phi) is 5.47. The van der Waals surface area contributed by atoms with Crippen LogP contribution in [-0.4, -0.2) is 51.1 Å². The number of carbonyl (C=O) groups excluding carboxylic acids is 2. The second-order valence-electron chi connectivity index (χ2n) is 7.97. The lowest BCUT2D eigenvalue weighted by Crippen LogP contribution is -2.43. The third-order valence-electron chi connectivity index (χ3n) is 5.50. The van der Waals surface area contributed by atoms with Gasteiger partial charge in [0.05, 0.1) is 29.0 Å². The van der Waals surface area contributed by atoms with Crippen molar-refractivity contribution < 1.29 is 31.2 Å². The fourth-order valence-electron chi connectivity index (χ4n) is 3.57. The number of nitrogens with zero attached hydrogens (tertiary/aromatic N) is 5. The highest BCUT2D eigenvalue weighted by molar-refractivity contribution is 7.92. The van der Waals surface area contributed by atoms with E-state index >= 15 is 0 Å². The molecule has 34 heavy (non-hydrogen) atoms. The molecule has 1 saturated heterocycles. The van der Waals surface area contributed by atoms with Crippen LogP contribution in [-0.2, 0) is 21.2 Å². The van der Waals surface area contributed by atoms with E-state index in [4.69, 9.17) is 0 Å². The van der Waals surface area contributed by atoms with Crippen molar-refractivity contribution in [1.82, 2.24) is 19.7 Å². The Morgan fingerprint density at radius 2 is 1.71 bits per heavy atom. The molecule has 0 bridgehead atoms. The zero-order valence-electron chi connectivity index (χ0n) is 17.9. The Hall–Kier alpha value is -3.74. The van der Waals surface area contributed by atoms with Gasteiger partial charge < -0.3 is 4.90 Å². The van der Waals surface area contributed by atoms with Crippen molar-refractivity contribution in [3.05, 3.63) is 66.7 Å². The van der Waals surface area contributed by atoms with E-state index in [1.807, 2.05) is 0 Å². The lowest BCUT2D eigenvalue weighted by Gasteiger charge is -2.28. The standard InChI is InChI=1S/C21H18F3N5O4S/c1-20(2)18(30)29(15-4-6-16(7-5-15)34(32,33)21(22,23)24)19(31)27(20)13-14-8-10-25-12-17(14)28-11-3-9-26-28/h3-12H,13H2,1-2H3. The van der Waals surface area contributed by atoms with Gasteiger partial charge in [0.2, 0.25) is 0 Å². The molecule has 1 aromatic carbocycles. The van der Waals surface area contributed by atoms with Gasteiger partial charge in [-0.2, -0.15) is 18.3 Å². The summed E-state index contributed by atoms with van der Waals surface area (Å²) < 4.78 is 63.2. The van der Waals surface area contributed by atoms with Gasteiger partial charge in [-0.1, -0.05) is 0 Å². The molecule has 3 amide bonds. The van der Waals surface area contributed by atoms with Crippen LogP contribution >= 0.6 is 0 Å². The normalized spacial score (nSPS) is 16.4. The topological polar surface area (TPSA) is 105 Å². The van der Waals surface area contributed by atoms with Gasteiger partial charge in [-0.25, -0.2) is 22.8 Å². The number of pyridine rings is 1. The number of hydrogen-bond donors (Lipinski definition) is 0. The number of benzene rings is 1. The maximum Gasteiger partial charge on any atom is 0.501 e. The highest BCUT2D eigenvalue weighted by Crippen LogP contribution is 2.36. The van der Waals surface area contributed by atoms with Crippen LogP contribution in [0, 0.1) is 0 Å². The summed E-state index contributed by atoms with van der Waals surface area (Å²) in [6, 6.07) is 6.12. The molecule has 3 heterocycles. The van der Waals surface area contributed by atoms with E-state index in [1.165, 1.54) is 11.1 Å². The number of urea groups is 1. The van der Waals surface area contributed by atoms with Crippen LogP contribution in [0.5, 0.6) is 0 Å². The molecule has 178 valence electrons.